The molecule has 0 spiro atoms. The zero-order valence-corrected chi connectivity index (χ0v) is 16.2. The molecule has 0 saturated heterocycles. The van der Waals surface area contributed by atoms with Gasteiger partial charge in [-0.25, -0.2) is 0 Å². The van der Waals surface area contributed by atoms with E-state index in [1.807, 2.05) is 0 Å². The van der Waals surface area contributed by atoms with Crippen molar-refractivity contribution in [2.75, 3.05) is 13.2 Å². The van der Waals surface area contributed by atoms with Gasteiger partial charge in [-0.3, -0.25) is 14.4 Å². The Balaban J connectivity index is 2.09. The van der Waals surface area contributed by atoms with E-state index in [0.717, 1.165) is 0 Å². The number of amides is 2. The second kappa shape index (κ2) is 10.9. The van der Waals surface area contributed by atoms with Crippen LogP contribution >= 0.6 is 11.6 Å². The Morgan fingerprint density at radius 3 is 2.36 bits per heavy atom. The van der Waals surface area contributed by atoms with Gasteiger partial charge in [-0.15, -0.1) is 0 Å². The maximum atomic E-state index is 12.6. The highest BCUT2D eigenvalue weighted by atomic mass is 35.5. The standard InChI is InChI=1S/C21H21ClN2O4/c1-15(25)28-13-5-12-23-21(27)19(14-16-8-10-18(22)11-9-16)24-20(26)17-6-3-2-4-7-17/h2-4,6-11,14H,5,12-13H2,1H3,(H,23,27)(H,24,26)/b19-14-. The van der Waals surface area contributed by atoms with Gasteiger partial charge < -0.3 is 15.4 Å². The van der Waals surface area contributed by atoms with Gasteiger partial charge in [-0.2, -0.15) is 0 Å². The molecule has 0 fully saturated rings. The minimum atomic E-state index is -0.443. The lowest BCUT2D eigenvalue weighted by Crippen LogP contribution is -2.35. The van der Waals surface area contributed by atoms with Crippen molar-refractivity contribution in [1.29, 1.82) is 0 Å². The number of carbonyl (C=O) groups is 3. The first kappa shape index (κ1) is 21.2. The molecule has 2 aromatic rings. The summed E-state index contributed by atoms with van der Waals surface area (Å²) in [6.07, 6.45) is 2.03. The van der Waals surface area contributed by atoms with Gasteiger partial charge in [0.05, 0.1) is 6.61 Å². The van der Waals surface area contributed by atoms with Crippen molar-refractivity contribution in [3.05, 3.63) is 76.4 Å². The fourth-order valence-electron chi connectivity index (χ4n) is 2.25. The second-order valence-corrected chi connectivity index (χ2v) is 6.32. The number of esters is 1. The molecule has 0 saturated carbocycles. The van der Waals surface area contributed by atoms with Crippen LogP contribution in [0.4, 0.5) is 0 Å². The van der Waals surface area contributed by atoms with E-state index in [9.17, 15) is 14.4 Å². The number of rotatable bonds is 8. The smallest absolute Gasteiger partial charge is 0.302 e. The largest absolute Gasteiger partial charge is 0.466 e. The molecular weight excluding hydrogens is 380 g/mol. The molecule has 2 N–H and O–H groups in total. The topological polar surface area (TPSA) is 84.5 Å². The Kier molecular flexibility index (Phi) is 8.24. The third-order valence-corrected chi connectivity index (χ3v) is 3.87. The molecule has 28 heavy (non-hydrogen) atoms. The third kappa shape index (κ3) is 7.25. The molecule has 0 atom stereocenters. The lowest BCUT2D eigenvalue weighted by atomic mass is 10.1. The quantitative estimate of drug-likeness (QED) is 0.405. The van der Waals surface area contributed by atoms with Crippen LogP contribution in [0.2, 0.25) is 5.02 Å². The molecule has 2 rings (SSSR count). The predicted molar refractivity (Wildman–Crippen MR) is 108 cm³/mol. The normalized spacial score (nSPS) is 10.9. The van der Waals surface area contributed by atoms with Crippen LogP contribution in [-0.4, -0.2) is 30.9 Å². The highest BCUT2D eigenvalue weighted by Gasteiger charge is 2.14. The number of benzene rings is 2. The molecule has 0 heterocycles. The van der Waals surface area contributed by atoms with Crippen LogP contribution in [-0.2, 0) is 14.3 Å². The van der Waals surface area contributed by atoms with Crippen LogP contribution in [0, 0.1) is 0 Å². The van der Waals surface area contributed by atoms with Crippen molar-refractivity contribution in [2.45, 2.75) is 13.3 Å². The van der Waals surface area contributed by atoms with Gasteiger partial charge in [-0.05, 0) is 42.3 Å². The molecule has 0 aromatic heterocycles. The van der Waals surface area contributed by atoms with E-state index in [-0.39, 0.29) is 18.3 Å². The molecule has 146 valence electrons. The van der Waals surface area contributed by atoms with Crippen LogP contribution in [0.25, 0.3) is 6.08 Å². The van der Waals surface area contributed by atoms with Crippen molar-refractivity contribution in [2.24, 2.45) is 0 Å². The van der Waals surface area contributed by atoms with Gasteiger partial charge in [0, 0.05) is 24.1 Å². The summed E-state index contributed by atoms with van der Waals surface area (Å²) in [5.41, 5.74) is 1.25. The molecule has 7 heteroatoms. The molecule has 0 radical (unpaired) electrons. The first-order valence-electron chi connectivity index (χ1n) is 8.71. The summed E-state index contributed by atoms with van der Waals surface area (Å²) in [5.74, 6) is -1.21. The molecule has 6 nitrogen and oxygen atoms in total. The number of halogens is 1. The molecular formula is C21H21ClN2O4. The van der Waals surface area contributed by atoms with Crippen molar-refractivity contribution in [1.82, 2.24) is 10.6 Å². The fourth-order valence-corrected chi connectivity index (χ4v) is 2.38. The van der Waals surface area contributed by atoms with E-state index >= 15 is 0 Å². The number of nitrogens with one attached hydrogen (secondary N) is 2. The van der Waals surface area contributed by atoms with Gasteiger partial charge in [0.15, 0.2) is 0 Å². The summed E-state index contributed by atoms with van der Waals surface area (Å²) in [4.78, 5) is 35.8. The van der Waals surface area contributed by atoms with Crippen LogP contribution in [0.5, 0.6) is 0 Å². The van der Waals surface area contributed by atoms with E-state index in [1.165, 1.54) is 6.92 Å². The molecule has 0 unspecified atom stereocenters. The molecule has 2 aromatic carbocycles. The van der Waals surface area contributed by atoms with Crippen molar-refractivity contribution in [3.8, 4) is 0 Å². The van der Waals surface area contributed by atoms with E-state index in [1.54, 1.807) is 60.7 Å². The maximum Gasteiger partial charge on any atom is 0.302 e. The van der Waals surface area contributed by atoms with Gasteiger partial charge in [-0.1, -0.05) is 41.9 Å². The number of hydrogen-bond donors (Lipinski definition) is 2. The van der Waals surface area contributed by atoms with Crippen LogP contribution in [0.3, 0.4) is 0 Å². The summed E-state index contributed by atoms with van der Waals surface area (Å²) < 4.78 is 4.83. The molecule has 0 aliphatic rings. The average Bonchev–Trinajstić information content (AvgIpc) is 2.69. The zero-order chi connectivity index (χ0) is 20.4. The molecule has 0 aliphatic heterocycles. The molecule has 0 aliphatic carbocycles. The van der Waals surface area contributed by atoms with Gasteiger partial charge >= 0.3 is 5.97 Å². The predicted octanol–water partition coefficient (Wildman–Crippen LogP) is 3.18. The summed E-state index contributed by atoms with van der Waals surface area (Å²) in [6.45, 7) is 1.83. The van der Waals surface area contributed by atoms with Crippen LogP contribution < -0.4 is 10.6 Å². The fraction of sp³-hybridized carbons (Fsp3) is 0.190. The van der Waals surface area contributed by atoms with E-state index in [2.05, 4.69) is 10.6 Å². The third-order valence-electron chi connectivity index (χ3n) is 3.62. The lowest BCUT2D eigenvalue weighted by Gasteiger charge is -2.11. The van der Waals surface area contributed by atoms with Crippen molar-refractivity contribution < 1.29 is 19.1 Å². The Morgan fingerprint density at radius 2 is 1.71 bits per heavy atom. The maximum absolute atomic E-state index is 12.6. The van der Waals surface area contributed by atoms with Gasteiger partial charge in [0.2, 0.25) is 0 Å². The van der Waals surface area contributed by atoms with E-state index in [4.69, 9.17) is 16.3 Å². The molecule has 0 bridgehead atoms. The van der Waals surface area contributed by atoms with Gasteiger partial charge in [0.25, 0.3) is 11.8 Å². The van der Waals surface area contributed by atoms with Crippen molar-refractivity contribution in [3.63, 3.8) is 0 Å². The Morgan fingerprint density at radius 1 is 1.04 bits per heavy atom. The van der Waals surface area contributed by atoms with E-state index < -0.39 is 11.8 Å². The minimum absolute atomic E-state index is 0.101. The van der Waals surface area contributed by atoms with Crippen molar-refractivity contribution >= 4 is 35.5 Å². The first-order valence-corrected chi connectivity index (χ1v) is 9.09. The number of carbonyl (C=O) groups excluding carboxylic acids is 3. The minimum Gasteiger partial charge on any atom is -0.466 e. The Hall–Kier alpha value is -3.12. The highest BCUT2D eigenvalue weighted by Crippen LogP contribution is 2.12. The van der Waals surface area contributed by atoms with Crippen LogP contribution in [0.15, 0.2) is 60.3 Å². The number of ether oxygens (including phenoxy) is 1. The van der Waals surface area contributed by atoms with E-state index in [0.29, 0.717) is 29.1 Å². The summed E-state index contributed by atoms with van der Waals surface area (Å²) in [5, 5.41) is 5.92. The Bertz CT molecular complexity index is 848. The zero-order valence-electron chi connectivity index (χ0n) is 15.4. The Labute approximate surface area is 168 Å². The second-order valence-electron chi connectivity index (χ2n) is 5.88. The SMILES string of the molecule is CC(=O)OCCCNC(=O)/C(=C/c1ccc(Cl)cc1)NC(=O)c1ccccc1. The summed E-state index contributed by atoms with van der Waals surface area (Å²) >= 11 is 5.89. The van der Waals surface area contributed by atoms with Gasteiger partial charge in [0.1, 0.15) is 5.70 Å². The molecule has 2 amide bonds. The number of hydrogen-bond acceptors (Lipinski definition) is 4. The monoisotopic (exact) mass is 400 g/mol. The first-order chi connectivity index (χ1) is 13.5. The lowest BCUT2D eigenvalue weighted by molar-refractivity contribution is -0.140. The average molecular weight is 401 g/mol. The summed E-state index contributed by atoms with van der Waals surface area (Å²) in [6, 6.07) is 15.5. The summed E-state index contributed by atoms with van der Waals surface area (Å²) in [7, 11) is 0. The van der Waals surface area contributed by atoms with Crippen LogP contribution in [0.1, 0.15) is 29.3 Å². The highest BCUT2D eigenvalue weighted by molar-refractivity contribution is 6.30.